The van der Waals surface area contributed by atoms with Crippen LogP contribution >= 0.6 is 11.8 Å². The molecule has 1 fully saturated rings. The molecule has 0 aliphatic carbocycles. The van der Waals surface area contributed by atoms with Crippen molar-refractivity contribution in [3.05, 3.63) is 48.2 Å². The van der Waals surface area contributed by atoms with Crippen LogP contribution in [0.15, 0.2) is 52.2 Å². The zero-order chi connectivity index (χ0) is 20.9. The second-order valence-corrected chi connectivity index (χ2v) is 8.59. The minimum atomic E-state index is -0.0801. The standard InChI is InChI=1S/C22H26N4O3S/c1-15(2)16-7-9-17(10-8-16)23-20(27)14-30-22-25-24-21(19-6-4-12-29-19)26(22)13-18-5-3-11-28-18/h4,6-10,12,15,18H,3,5,11,13-14H2,1-2H3,(H,23,27). The highest BCUT2D eigenvalue weighted by atomic mass is 32.2. The molecule has 2 aromatic heterocycles. The predicted molar refractivity (Wildman–Crippen MR) is 117 cm³/mol. The average molecular weight is 427 g/mol. The molecule has 1 aliphatic heterocycles. The van der Waals surface area contributed by atoms with Crippen LogP contribution in [0.1, 0.15) is 38.2 Å². The maximum Gasteiger partial charge on any atom is 0.234 e. The number of hydrogen-bond donors (Lipinski definition) is 1. The molecule has 1 unspecified atom stereocenters. The van der Waals surface area contributed by atoms with Crippen molar-refractivity contribution in [2.45, 2.75) is 50.4 Å². The fourth-order valence-corrected chi connectivity index (χ4v) is 4.17. The van der Waals surface area contributed by atoms with Gasteiger partial charge in [0, 0.05) is 12.3 Å². The number of nitrogens with zero attached hydrogens (tertiary/aromatic N) is 3. The molecule has 1 atom stereocenters. The van der Waals surface area contributed by atoms with Crippen LogP contribution in [0.2, 0.25) is 0 Å². The largest absolute Gasteiger partial charge is 0.461 e. The molecule has 1 amide bonds. The first-order chi connectivity index (χ1) is 14.6. The van der Waals surface area contributed by atoms with E-state index in [-0.39, 0.29) is 17.8 Å². The van der Waals surface area contributed by atoms with E-state index in [9.17, 15) is 4.79 Å². The summed E-state index contributed by atoms with van der Waals surface area (Å²) in [5.74, 6) is 1.94. The number of nitrogens with one attached hydrogen (secondary N) is 1. The maximum absolute atomic E-state index is 12.5. The van der Waals surface area contributed by atoms with Gasteiger partial charge in [-0.2, -0.15) is 0 Å². The van der Waals surface area contributed by atoms with Gasteiger partial charge in [-0.3, -0.25) is 9.36 Å². The Morgan fingerprint density at radius 2 is 2.10 bits per heavy atom. The van der Waals surface area contributed by atoms with Crippen LogP contribution in [0.3, 0.4) is 0 Å². The van der Waals surface area contributed by atoms with Gasteiger partial charge in [-0.15, -0.1) is 10.2 Å². The van der Waals surface area contributed by atoms with E-state index in [1.165, 1.54) is 17.3 Å². The van der Waals surface area contributed by atoms with Crippen LogP contribution in [0.4, 0.5) is 5.69 Å². The summed E-state index contributed by atoms with van der Waals surface area (Å²) in [6.07, 6.45) is 3.81. The van der Waals surface area contributed by atoms with Crippen LogP contribution in [0, 0.1) is 0 Å². The zero-order valence-corrected chi connectivity index (χ0v) is 18.0. The Hall–Kier alpha value is -2.58. The third-order valence-electron chi connectivity index (χ3n) is 5.06. The van der Waals surface area contributed by atoms with E-state index < -0.39 is 0 Å². The van der Waals surface area contributed by atoms with Gasteiger partial charge in [0.05, 0.1) is 24.7 Å². The number of furan rings is 1. The molecular formula is C22H26N4O3S. The molecule has 158 valence electrons. The van der Waals surface area contributed by atoms with Gasteiger partial charge in [-0.05, 0) is 48.6 Å². The highest BCUT2D eigenvalue weighted by Crippen LogP contribution is 2.27. The van der Waals surface area contributed by atoms with Gasteiger partial charge in [0.1, 0.15) is 0 Å². The number of rotatable bonds is 8. The Labute approximate surface area is 180 Å². The van der Waals surface area contributed by atoms with Crippen molar-refractivity contribution in [1.29, 1.82) is 0 Å². The number of benzene rings is 1. The molecule has 0 bridgehead atoms. The van der Waals surface area contributed by atoms with Crippen molar-refractivity contribution in [3.63, 3.8) is 0 Å². The molecule has 4 rings (SSSR count). The Morgan fingerprint density at radius 1 is 1.27 bits per heavy atom. The van der Waals surface area contributed by atoms with Crippen LogP contribution in [0.5, 0.6) is 0 Å². The molecule has 1 N–H and O–H groups in total. The van der Waals surface area contributed by atoms with Gasteiger partial charge in [0.25, 0.3) is 0 Å². The first-order valence-electron chi connectivity index (χ1n) is 10.2. The van der Waals surface area contributed by atoms with Crippen LogP contribution in [0.25, 0.3) is 11.6 Å². The van der Waals surface area contributed by atoms with Crippen molar-refractivity contribution in [3.8, 4) is 11.6 Å². The van der Waals surface area contributed by atoms with E-state index in [0.29, 0.717) is 29.2 Å². The molecular weight excluding hydrogens is 400 g/mol. The predicted octanol–water partition coefficient (Wildman–Crippen LogP) is 4.57. The number of amides is 1. The number of hydrogen-bond acceptors (Lipinski definition) is 6. The summed E-state index contributed by atoms with van der Waals surface area (Å²) in [7, 11) is 0. The summed E-state index contributed by atoms with van der Waals surface area (Å²) in [6, 6.07) is 11.6. The van der Waals surface area contributed by atoms with Crippen molar-refractivity contribution in [1.82, 2.24) is 14.8 Å². The van der Waals surface area contributed by atoms with Crippen LogP contribution in [-0.2, 0) is 16.1 Å². The van der Waals surface area contributed by atoms with Gasteiger partial charge in [0.15, 0.2) is 10.9 Å². The van der Waals surface area contributed by atoms with E-state index in [2.05, 4.69) is 29.4 Å². The smallest absolute Gasteiger partial charge is 0.234 e. The first-order valence-corrected chi connectivity index (χ1v) is 11.2. The Kier molecular flexibility index (Phi) is 6.54. The minimum absolute atomic E-state index is 0.0801. The van der Waals surface area contributed by atoms with Crippen molar-refractivity contribution in [2.75, 3.05) is 17.7 Å². The molecule has 0 radical (unpaired) electrons. The topological polar surface area (TPSA) is 82.2 Å². The van der Waals surface area contributed by atoms with Gasteiger partial charge in [-0.25, -0.2) is 0 Å². The van der Waals surface area contributed by atoms with Gasteiger partial charge < -0.3 is 14.5 Å². The molecule has 0 saturated carbocycles. The summed E-state index contributed by atoms with van der Waals surface area (Å²) in [4.78, 5) is 12.5. The normalized spacial score (nSPS) is 16.3. The second-order valence-electron chi connectivity index (χ2n) is 7.64. The number of ether oxygens (including phenoxy) is 1. The lowest BCUT2D eigenvalue weighted by molar-refractivity contribution is -0.113. The van der Waals surface area contributed by atoms with Crippen LogP contribution < -0.4 is 5.32 Å². The van der Waals surface area contributed by atoms with Gasteiger partial charge >= 0.3 is 0 Å². The van der Waals surface area contributed by atoms with Gasteiger partial charge in [0.2, 0.25) is 11.7 Å². The summed E-state index contributed by atoms with van der Waals surface area (Å²) in [5.41, 5.74) is 2.04. The van der Waals surface area contributed by atoms with E-state index in [4.69, 9.17) is 9.15 Å². The SMILES string of the molecule is CC(C)c1ccc(NC(=O)CSc2nnc(-c3ccco3)n2CC2CCCO2)cc1. The number of anilines is 1. The van der Waals surface area contributed by atoms with E-state index in [1.54, 1.807) is 6.26 Å². The maximum atomic E-state index is 12.5. The Bertz CT molecular complexity index is 961. The monoisotopic (exact) mass is 426 g/mol. The molecule has 3 aromatic rings. The van der Waals surface area contributed by atoms with E-state index >= 15 is 0 Å². The summed E-state index contributed by atoms with van der Waals surface area (Å²) in [6.45, 7) is 5.72. The Balaban J connectivity index is 1.42. The quantitative estimate of drug-likeness (QED) is 0.531. The number of aromatic nitrogens is 3. The number of carbonyl (C=O) groups excluding carboxylic acids is 1. The fourth-order valence-electron chi connectivity index (χ4n) is 3.42. The van der Waals surface area contributed by atoms with E-state index in [0.717, 1.165) is 25.1 Å². The number of carbonyl (C=O) groups is 1. The third kappa shape index (κ3) is 4.94. The minimum Gasteiger partial charge on any atom is -0.461 e. The lowest BCUT2D eigenvalue weighted by Gasteiger charge is -2.14. The third-order valence-corrected chi connectivity index (χ3v) is 6.03. The molecule has 0 spiro atoms. The average Bonchev–Trinajstić information content (AvgIpc) is 3.50. The molecule has 1 aliphatic rings. The molecule has 3 heterocycles. The van der Waals surface area contributed by atoms with Crippen molar-refractivity contribution in [2.24, 2.45) is 0 Å². The molecule has 1 saturated heterocycles. The van der Waals surface area contributed by atoms with Crippen LogP contribution in [-0.4, -0.2) is 39.1 Å². The fraction of sp³-hybridized carbons (Fsp3) is 0.409. The highest BCUT2D eigenvalue weighted by Gasteiger charge is 2.23. The van der Waals surface area contributed by atoms with E-state index in [1.807, 2.05) is 41.0 Å². The Morgan fingerprint density at radius 3 is 2.77 bits per heavy atom. The van der Waals surface area contributed by atoms with Crippen molar-refractivity contribution >= 4 is 23.4 Å². The van der Waals surface area contributed by atoms with Gasteiger partial charge in [-0.1, -0.05) is 37.7 Å². The summed E-state index contributed by atoms with van der Waals surface area (Å²) >= 11 is 1.36. The first kappa shape index (κ1) is 20.7. The summed E-state index contributed by atoms with van der Waals surface area (Å²) in [5, 5.41) is 12.2. The lowest BCUT2D eigenvalue weighted by Crippen LogP contribution is -2.18. The van der Waals surface area contributed by atoms with Crippen molar-refractivity contribution < 1.29 is 13.9 Å². The molecule has 1 aromatic carbocycles. The second kappa shape index (κ2) is 9.49. The zero-order valence-electron chi connectivity index (χ0n) is 17.2. The number of thioether (sulfide) groups is 1. The summed E-state index contributed by atoms with van der Waals surface area (Å²) < 4.78 is 13.3. The molecule has 8 heteroatoms. The molecule has 7 nitrogen and oxygen atoms in total. The highest BCUT2D eigenvalue weighted by molar-refractivity contribution is 7.99. The molecule has 30 heavy (non-hydrogen) atoms. The lowest BCUT2D eigenvalue weighted by atomic mass is 10.0.